The summed E-state index contributed by atoms with van der Waals surface area (Å²) in [5, 5.41) is 18.4. The van der Waals surface area contributed by atoms with E-state index in [0.717, 1.165) is 6.42 Å². The first-order valence-electron chi connectivity index (χ1n) is 7.41. The summed E-state index contributed by atoms with van der Waals surface area (Å²) in [6.07, 6.45) is 1.64. The second-order valence-corrected chi connectivity index (χ2v) is 7.59. The lowest BCUT2D eigenvalue weighted by Gasteiger charge is -2.39. The van der Waals surface area contributed by atoms with Crippen molar-refractivity contribution < 1.29 is 23.5 Å². The monoisotopic (exact) mass is 309 g/mol. The third kappa shape index (κ3) is 7.12. The Morgan fingerprint density at radius 3 is 1.90 bits per heavy atom. The number of aliphatic hydroxyl groups is 2. The fourth-order valence-corrected chi connectivity index (χ4v) is 5.19. The van der Waals surface area contributed by atoms with Crippen molar-refractivity contribution in [1.82, 2.24) is 0 Å². The average molecular weight is 309 g/mol. The Bertz CT molecular complexity index is 231. The van der Waals surface area contributed by atoms with Crippen molar-refractivity contribution in [1.29, 1.82) is 0 Å². The first-order chi connectivity index (χ1) is 9.51. The van der Waals surface area contributed by atoms with Crippen LogP contribution in [0.1, 0.15) is 40.0 Å². The Labute approximate surface area is 123 Å². The SMILES string of the molecule is CCO[Si](CCCN)(OCC)OC(C)(CCO)CCO. The molecule has 0 bridgehead atoms. The van der Waals surface area contributed by atoms with Crippen molar-refractivity contribution in [3.8, 4) is 0 Å². The fourth-order valence-electron chi connectivity index (χ4n) is 2.13. The molecule has 6 nitrogen and oxygen atoms in total. The number of nitrogens with two attached hydrogens (primary N) is 1. The Kier molecular flexibility index (Phi) is 10.7. The lowest BCUT2D eigenvalue weighted by molar-refractivity contribution is -0.0429. The third-order valence-electron chi connectivity index (χ3n) is 3.10. The number of hydrogen-bond donors (Lipinski definition) is 3. The van der Waals surface area contributed by atoms with E-state index in [1.807, 2.05) is 20.8 Å². The number of rotatable bonds is 13. The van der Waals surface area contributed by atoms with E-state index in [0.29, 0.717) is 38.6 Å². The first kappa shape index (κ1) is 20.0. The molecule has 0 atom stereocenters. The van der Waals surface area contributed by atoms with Crippen LogP contribution >= 0.6 is 0 Å². The van der Waals surface area contributed by atoms with E-state index < -0.39 is 14.4 Å². The molecule has 0 aliphatic carbocycles. The van der Waals surface area contributed by atoms with Gasteiger partial charge in [0.1, 0.15) is 0 Å². The van der Waals surface area contributed by atoms with Gasteiger partial charge >= 0.3 is 8.80 Å². The van der Waals surface area contributed by atoms with Crippen LogP contribution in [0, 0.1) is 0 Å². The minimum atomic E-state index is -2.83. The summed E-state index contributed by atoms with van der Waals surface area (Å²) in [7, 11) is -2.83. The van der Waals surface area contributed by atoms with E-state index >= 15 is 0 Å². The van der Waals surface area contributed by atoms with Crippen molar-refractivity contribution in [3.63, 3.8) is 0 Å². The van der Waals surface area contributed by atoms with Crippen molar-refractivity contribution >= 4 is 8.80 Å². The molecule has 0 unspecified atom stereocenters. The fraction of sp³-hybridized carbons (Fsp3) is 1.00. The molecule has 0 saturated heterocycles. The van der Waals surface area contributed by atoms with Gasteiger partial charge in [0, 0.05) is 32.5 Å². The molecular formula is C13H31NO5Si. The summed E-state index contributed by atoms with van der Waals surface area (Å²) in [4.78, 5) is 0. The molecule has 4 N–H and O–H groups in total. The maximum atomic E-state index is 9.21. The Balaban J connectivity index is 5.03. The van der Waals surface area contributed by atoms with Crippen molar-refractivity contribution in [2.45, 2.75) is 51.7 Å². The molecule has 20 heavy (non-hydrogen) atoms. The largest absolute Gasteiger partial charge is 0.501 e. The molecule has 0 aliphatic heterocycles. The Hall–Kier alpha value is -0.0231. The summed E-state index contributed by atoms with van der Waals surface area (Å²) < 4.78 is 17.9. The number of hydrogen-bond acceptors (Lipinski definition) is 6. The second-order valence-electron chi connectivity index (χ2n) is 4.94. The van der Waals surface area contributed by atoms with Crippen molar-refractivity contribution in [2.75, 3.05) is 33.0 Å². The van der Waals surface area contributed by atoms with Crippen LogP contribution in [0.4, 0.5) is 0 Å². The quantitative estimate of drug-likeness (QED) is 0.437. The molecule has 0 aromatic rings. The smallest absolute Gasteiger partial charge is 0.396 e. The highest BCUT2D eigenvalue weighted by Gasteiger charge is 2.45. The van der Waals surface area contributed by atoms with Crippen LogP contribution in [0.3, 0.4) is 0 Å². The van der Waals surface area contributed by atoms with E-state index in [9.17, 15) is 10.2 Å². The topological polar surface area (TPSA) is 94.2 Å². The van der Waals surface area contributed by atoms with Gasteiger partial charge in [-0.05, 0) is 46.6 Å². The predicted octanol–water partition coefficient (Wildman–Crippen LogP) is 0.887. The summed E-state index contributed by atoms with van der Waals surface area (Å²) in [5.74, 6) is 0. The standard InChI is InChI=1S/C13H31NO5Si/c1-4-17-20(18-5-2,12-6-9-14)19-13(3,7-10-15)8-11-16/h15-16H,4-12,14H2,1-3H3. The van der Waals surface area contributed by atoms with Crippen molar-refractivity contribution in [2.24, 2.45) is 5.73 Å². The molecule has 0 spiro atoms. The maximum absolute atomic E-state index is 9.21. The summed E-state index contributed by atoms with van der Waals surface area (Å²) >= 11 is 0. The lowest BCUT2D eigenvalue weighted by Crippen LogP contribution is -2.53. The predicted molar refractivity (Wildman–Crippen MR) is 80.4 cm³/mol. The highest BCUT2D eigenvalue weighted by molar-refractivity contribution is 6.60. The van der Waals surface area contributed by atoms with Gasteiger partial charge in [0.2, 0.25) is 0 Å². The normalized spacial score (nSPS) is 12.9. The lowest BCUT2D eigenvalue weighted by atomic mass is 9.99. The van der Waals surface area contributed by atoms with Gasteiger partial charge in [-0.15, -0.1) is 0 Å². The molecule has 0 radical (unpaired) electrons. The average Bonchev–Trinajstić information content (AvgIpc) is 2.37. The molecule has 0 rings (SSSR count). The highest BCUT2D eigenvalue weighted by Crippen LogP contribution is 2.29. The van der Waals surface area contributed by atoms with E-state index in [2.05, 4.69) is 0 Å². The van der Waals surface area contributed by atoms with Gasteiger partial charge in [0.15, 0.2) is 0 Å². The van der Waals surface area contributed by atoms with Gasteiger partial charge in [-0.25, -0.2) is 0 Å². The van der Waals surface area contributed by atoms with Gasteiger partial charge in [0.05, 0.1) is 5.60 Å². The van der Waals surface area contributed by atoms with Crippen LogP contribution in [-0.4, -0.2) is 57.6 Å². The van der Waals surface area contributed by atoms with E-state index in [1.165, 1.54) is 0 Å². The van der Waals surface area contributed by atoms with Crippen LogP contribution in [0.25, 0.3) is 0 Å². The number of aliphatic hydroxyl groups excluding tert-OH is 2. The zero-order valence-electron chi connectivity index (χ0n) is 13.1. The van der Waals surface area contributed by atoms with Crippen LogP contribution < -0.4 is 5.73 Å². The minimum absolute atomic E-state index is 0.00385. The van der Waals surface area contributed by atoms with Gasteiger partial charge in [0.25, 0.3) is 0 Å². The molecule has 0 aliphatic rings. The molecule has 122 valence electrons. The molecule has 0 aromatic heterocycles. The van der Waals surface area contributed by atoms with Crippen molar-refractivity contribution in [3.05, 3.63) is 0 Å². The van der Waals surface area contributed by atoms with Gasteiger partial charge < -0.3 is 29.2 Å². The van der Waals surface area contributed by atoms with E-state index in [1.54, 1.807) is 0 Å². The van der Waals surface area contributed by atoms with E-state index in [4.69, 9.17) is 19.0 Å². The molecule has 0 amide bonds. The molecule has 0 saturated carbocycles. The molecule has 7 heteroatoms. The zero-order valence-corrected chi connectivity index (χ0v) is 14.1. The van der Waals surface area contributed by atoms with Crippen LogP contribution in [0.15, 0.2) is 0 Å². The van der Waals surface area contributed by atoms with Crippen LogP contribution in [0.5, 0.6) is 0 Å². The highest BCUT2D eigenvalue weighted by atomic mass is 28.4. The molecule has 0 fully saturated rings. The first-order valence-corrected chi connectivity index (χ1v) is 9.34. The minimum Gasteiger partial charge on any atom is -0.396 e. The molecule has 0 aromatic carbocycles. The molecule has 0 heterocycles. The Morgan fingerprint density at radius 2 is 1.55 bits per heavy atom. The van der Waals surface area contributed by atoms with Crippen LogP contribution in [0.2, 0.25) is 6.04 Å². The summed E-state index contributed by atoms with van der Waals surface area (Å²) in [6, 6.07) is 0.650. The molecular weight excluding hydrogens is 278 g/mol. The van der Waals surface area contributed by atoms with E-state index in [-0.39, 0.29) is 13.2 Å². The zero-order chi connectivity index (χ0) is 15.5. The third-order valence-corrected chi connectivity index (χ3v) is 6.33. The van der Waals surface area contributed by atoms with Gasteiger partial charge in [-0.2, -0.15) is 0 Å². The summed E-state index contributed by atoms with van der Waals surface area (Å²) in [5.41, 5.74) is 4.94. The van der Waals surface area contributed by atoms with Crippen LogP contribution in [-0.2, 0) is 13.3 Å². The maximum Gasteiger partial charge on any atom is 0.501 e. The summed E-state index contributed by atoms with van der Waals surface area (Å²) in [6.45, 7) is 7.24. The Morgan fingerprint density at radius 1 is 1.05 bits per heavy atom. The second kappa shape index (κ2) is 10.7. The van der Waals surface area contributed by atoms with Gasteiger partial charge in [-0.3, -0.25) is 0 Å². The van der Waals surface area contributed by atoms with Gasteiger partial charge in [-0.1, -0.05) is 0 Å².